The highest BCUT2D eigenvalue weighted by Gasteiger charge is 2.08. The number of halogens is 1. The summed E-state index contributed by atoms with van der Waals surface area (Å²) in [6.45, 7) is 1.64. The average Bonchev–Trinajstić information content (AvgIpc) is 2.78. The topological polar surface area (TPSA) is 104 Å². The van der Waals surface area contributed by atoms with Crippen LogP contribution < -0.4 is 15.5 Å². The Morgan fingerprint density at radius 1 is 1.12 bits per heavy atom. The summed E-state index contributed by atoms with van der Waals surface area (Å²) in [7, 11) is 0. The van der Waals surface area contributed by atoms with E-state index in [1.807, 2.05) is 24.3 Å². The van der Waals surface area contributed by atoms with Gasteiger partial charge in [0.2, 0.25) is 5.91 Å². The molecule has 0 aliphatic rings. The van der Waals surface area contributed by atoms with Gasteiger partial charge in [-0.3, -0.25) is 9.59 Å². The molecule has 0 fully saturated rings. The zero-order chi connectivity index (χ0) is 22.9. The van der Waals surface area contributed by atoms with E-state index in [1.165, 1.54) is 13.1 Å². The molecule has 0 radical (unpaired) electrons. The first-order chi connectivity index (χ1) is 15.5. The lowest BCUT2D eigenvalue weighted by Gasteiger charge is -2.10. The number of carbonyl (C=O) groups is 2. The van der Waals surface area contributed by atoms with E-state index in [0.29, 0.717) is 28.1 Å². The number of nitrogens with zero attached hydrogens (tertiary/aromatic N) is 2. The van der Waals surface area contributed by atoms with Crippen LogP contribution in [-0.2, 0) is 11.4 Å². The predicted octanol–water partition coefficient (Wildman–Crippen LogP) is 4.62. The fourth-order valence-corrected chi connectivity index (χ4v) is 3.17. The van der Waals surface area contributed by atoms with Crippen LogP contribution in [0.15, 0.2) is 76.3 Å². The van der Waals surface area contributed by atoms with Gasteiger partial charge in [0.05, 0.1) is 17.8 Å². The Labute approximate surface area is 193 Å². The smallest absolute Gasteiger partial charge is 0.271 e. The minimum Gasteiger partial charge on any atom is -0.488 e. The summed E-state index contributed by atoms with van der Waals surface area (Å²) in [5.41, 5.74) is 5.45. The molecule has 0 aromatic heterocycles. The third-order valence-electron chi connectivity index (χ3n) is 4.33. The van der Waals surface area contributed by atoms with Crippen LogP contribution in [-0.4, -0.2) is 18.0 Å². The van der Waals surface area contributed by atoms with Crippen LogP contribution >= 0.6 is 15.9 Å². The molecule has 0 bridgehead atoms. The number of hydrogen-bond acceptors (Lipinski definition) is 5. The van der Waals surface area contributed by atoms with E-state index < -0.39 is 5.91 Å². The van der Waals surface area contributed by atoms with Gasteiger partial charge in [0.25, 0.3) is 5.91 Å². The van der Waals surface area contributed by atoms with Gasteiger partial charge in [0.15, 0.2) is 0 Å². The first kappa shape index (κ1) is 22.7. The van der Waals surface area contributed by atoms with E-state index in [-0.39, 0.29) is 12.5 Å². The Hall–Kier alpha value is -3.96. The van der Waals surface area contributed by atoms with Gasteiger partial charge in [-0.05, 0) is 48.5 Å². The van der Waals surface area contributed by atoms with E-state index >= 15 is 0 Å². The Kier molecular flexibility index (Phi) is 7.73. The summed E-state index contributed by atoms with van der Waals surface area (Å²) in [4.78, 5) is 23.4. The Balaban J connectivity index is 1.67. The minimum atomic E-state index is -0.393. The number of anilines is 1. The largest absolute Gasteiger partial charge is 0.488 e. The van der Waals surface area contributed by atoms with E-state index in [1.54, 1.807) is 42.5 Å². The molecule has 0 aliphatic heterocycles. The van der Waals surface area contributed by atoms with Gasteiger partial charge in [0, 0.05) is 33.8 Å². The number of rotatable bonds is 7. The van der Waals surface area contributed by atoms with Crippen LogP contribution in [0.2, 0.25) is 0 Å². The lowest BCUT2D eigenvalue weighted by molar-refractivity contribution is -0.114. The second-order valence-electron chi connectivity index (χ2n) is 6.70. The van der Waals surface area contributed by atoms with E-state index in [4.69, 9.17) is 4.74 Å². The predicted molar refractivity (Wildman–Crippen MR) is 125 cm³/mol. The number of nitrogens with one attached hydrogen (secondary N) is 2. The normalized spacial score (nSPS) is 10.4. The van der Waals surface area contributed by atoms with Gasteiger partial charge in [-0.25, -0.2) is 5.43 Å². The second-order valence-corrected chi connectivity index (χ2v) is 7.61. The van der Waals surface area contributed by atoms with Crippen LogP contribution in [0, 0.1) is 11.3 Å². The standard InChI is InChI=1S/C24H19BrN4O3/c1-16(30)28-22-9-6-17(7-10-22)24(31)29-27-14-20-12-21(25)8-11-23(20)32-15-19-5-3-2-4-18(19)13-26/h2-12,14H,15H2,1H3,(H,28,30)(H,29,31)/b27-14-. The van der Waals surface area contributed by atoms with Crippen LogP contribution in [0.25, 0.3) is 0 Å². The maximum absolute atomic E-state index is 12.3. The van der Waals surface area contributed by atoms with Crippen LogP contribution in [0.4, 0.5) is 5.69 Å². The molecular formula is C24H19BrN4O3. The van der Waals surface area contributed by atoms with Crippen molar-refractivity contribution >= 4 is 39.6 Å². The molecule has 160 valence electrons. The Bertz CT molecular complexity index is 1200. The number of ether oxygens (including phenoxy) is 1. The van der Waals surface area contributed by atoms with Gasteiger partial charge in [-0.2, -0.15) is 10.4 Å². The molecule has 0 aliphatic carbocycles. The van der Waals surface area contributed by atoms with Gasteiger partial charge >= 0.3 is 0 Å². The number of benzene rings is 3. The monoisotopic (exact) mass is 490 g/mol. The SMILES string of the molecule is CC(=O)Nc1ccc(C(=O)N/N=C\c2cc(Br)ccc2OCc2ccccc2C#N)cc1. The Morgan fingerprint density at radius 2 is 1.88 bits per heavy atom. The summed E-state index contributed by atoms with van der Waals surface area (Å²) in [6.07, 6.45) is 1.49. The number of hydrogen-bond donors (Lipinski definition) is 2. The molecule has 8 heteroatoms. The lowest BCUT2D eigenvalue weighted by Crippen LogP contribution is -2.17. The van der Waals surface area contributed by atoms with Crippen molar-refractivity contribution in [2.24, 2.45) is 5.10 Å². The molecule has 3 aromatic carbocycles. The van der Waals surface area contributed by atoms with E-state index in [9.17, 15) is 14.9 Å². The van der Waals surface area contributed by atoms with Crippen molar-refractivity contribution in [3.8, 4) is 11.8 Å². The van der Waals surface area contributed by atoms with Gasteiger partial charge < -0.3 is 10.1 Å². The number of nitriles is 1. The first-order valence-corrected chi connectivity index (χ1v) is 10.4. The number of amides is 2. The van der Waals surface area contributed by atoms with Gasteiger partial charge in [0.1, 0.15) is 12.4 Å². The second kappa shape index (κ2) is 10.9. The van der Waals surface area contributed by atoms with E-state index in [0.717, 1.165) is 10.0 Å². The van der Waals surface area contributed by atoms with Crippen molar-refractivity contribution < 1.29 is 14.3 Å². The molecule has 2 N–H and O–H groups in total. The highest BCUT2D eigenvalue weighted by molar-refractivity contribution is 9.10. The lowest BCUT2D eigenvalue weighted by atomic mass is 10.1. The molecule has 7 nitrogen and oxygen atoms in total. The summed E-state index contributed by atoms with van der Waals surface area (Å²) in [5.74, 6) is -0.0235. The van der Waals surface area contributed by atoms with Gasteiger partial charge in [-0.15, -0.1) is 0 Å². The summed E-state index contributed by atoms with van der Waals surface area (Å²) >= 11 is 3.42. The van der Waals surface area contributed by atoms with Crippen molar-refractivity contribution in [3.05, 3.63) is 93.5 Å². The van der Waals surface area contributed by atoms with Crippen molar-refractivity contribution in [2.75, 3.05) is 5.32 Å². The highest BCUT2D eigenvalue weighted by atomic mass is 79.9. The molecule has 0 saturated heterocycles. The molecule has 0 heterocycles. The molecule has 0 atom stereocenters. The third kappa shape index (κ3) is 6.27. The maximum Gasteiger partial charge on any atom is 0.271 e. The van der Waals surface area contributed by atoms with Crippen LogP contribution in [0.1, 0.15) is 34.0 Å². The molecular weight excluding hydrogens is 472 g/mol. The number of carbonyl (C=O) groups excluding carboxylic acids is 2. The molecule has 3 rings (SSSR count). The Morgan fingerprint density at radius 3 is 2.59 bits per heavy atom. The van der Waals surface area contributed by atoms with Crippen molar-refractivity contribution in [2.45, 2.75) is 13.5 Å². The van der Waals surface area contributed by atoms with Crippen molar-refractivity contribution in [3.63, 3.8) is 0 Å². The van der Waals surface area contributed by atoms with Crippen LogP contribution in [0.3, 0.4) is 0 Å². The first-order valence-electron chi connectivity index (χ1n) is 9.57. The zero-order valence-corrected chi connectivity index (χ0v) is 18.7. The molecule has 0 spiro atoms. The number of hydrazone groups is 1. The highest BCUT2D eigenvalue weighted by Crippen LogP contribution is 2.23. The minimum absolute atomic E-state index is 0.185. The average molecular weight is 491 g/mol. The quantitative estimate of drug-likeness (QED) is 0.372. The van der Waals surface area contributed by atoms with Crippen LogP contribution in [0.5, 0.6) is 5.75 Å². The van der Waals surface area contributed by atoms with Crippen molar-refractivity contribution in [1.29, 1.82) is 5.26 Å². The summed E-state index contributed by atoms with van der Waals surface area (Å²) in [6, 6.07) is 21.3. The molecule has 0 saturated carbocycles. The third-order valence-corrected chi connectivity index (χ3v) is 4.82. The van der Waals surface area contributed by atoms with Gasteiger partial charge in [-0.1, -0.05) is 34.1 Å². The fourth-order valence-electron chi connectivity index (χ4n) is 2.80. The zero-order valence-electron chi connectivity index (χ0n) is 17.1. The molecule has 2 amide bonds. The fraction of sp³-hybridized carbons (Fsp3) is 0.0833. The maximum atomic E-state index is 12.3. The molecule has 32 heavy (non-hydrogen) atoms. The van der Waals surface area contributed by atoms with Crippen molar-refractivity contribution in [1.82, 2.24) is 5.43 Å². The summed E-state index contributed by atoms with van der Waals surface area (Å²) < 4.78 is 6.72. The molecule has 0 unspecified atom stereocenters. The summed E-state index contributed by atoms with van der Waals surface area (Å²) in [5, 5.41) is 15.9. The molecule has 3 aromatic rings. The van der Waals surface area contributed by atoms with E-state index in [2.05, 4.69) is 37.8 Å².